The first-order valence-electron chi connectivity index (χ1n) is 5.87. The minimum Gasteiger partial charge on any atom is -0.497 e. The molecule has 0 spiro atoms. The van der Waals surface area contributed by atoms with Gasteiger partial charge in [-0.1, -0.05) is 6.07 Å². The average molecular weight is 262 g/mol. The summed E-state index contributed by atoms with van der Waals surface area (Å²) < 4.78 is 5.21. The van der Waals surface area contributed by atoms with Crippen molar-refractivity contribution in [2.75, 3.05) is 7.11 Å². The van der Waals surface area contributed by atoms with Crippen LogP contribution in [0.2, 0.25) is 0 Å². The minimum atomic E-state index is -0.109. The molecule has 0 radical (unpaired) electrons. The minimum absolute atomic E-state index is 0.109. The summed E-state index contributed by atoms with van der Waals surface area (Å²) in [6.07, 6.45) is 0. The molecule has 0 aliphatic rings. The van der Waals surface area contributed by atoms with Crippen LogP contribution in [0.15, 0.2) is 18.2 Å². The summed E-state index contributed by atoms with van der Waals surface area (Å²) in [5.74, 6) is 0.862. The first-order valence-corrected chi connectivity index (χ1v) is 6.68. The summed E-state index contributed by atoms with van der Waals surface area (Å²) in [6, 6.07) is 5.89. The number of hydrogen-bond acceptors (Lipinski definition) is 4. The molecule has 3 nitrogen and oxygen atoms in total. The molecule has 1 aromatic heterocycles. The van der Waals surface area contributed by atoms with Crippen LogP contribution in [-0.2, 0) is 0 Å². The van der Waals surface area contributed by atoms with E-state index in [0.29, 0.717) is 0 Å². The fourth-order valence-electron chi connectivity index (χ4n) is 2.10. The summed E-state index contributed by atoms with van der Waals surface area (Å²) in [6.45, 7) is 6.08. The third kappa shape index (κ3) is 2.40. The van der Waals surface area contributed by atoms with Crippen molar-refractivity contribution in [2.45, 2.75) is 26.8 Å². The van der Waals surface area contributed by atoms with Gasteiger partial charge in [-0.15, -0.1) is 11.3 Å². The van der Waals surface area contributed by atoms with Crippen LogP contribution in [0.1, 0.15) is 32.7 Å². The standard InChI is InChI=1S/C14H18N2OS/c1-8-7-11(17-4)5-6-12(8)13(15)14-9(2)16-10(3)18-14/h5-7,13H,15H2,1-4H3. The monoisotopic (exact) mass is 262 g/mol. The lowest BCUT2D eigenvalue weighted by Crippen LogP contribution is -2.13. The number of nitrogens with zero attached hydrogens (tertiary/aromatic N) is 1. The van der Waals surface area contributed by atoms with Crippen LogP contribution in [0.5, 0.6) is 5.75 Å². The molecule has 4 heteroatoms. The van der Waals surface area contributed by atoms with E-state index in [-0.39, 0.29) is 6.04 Å². The number of aryl methyl sites for hydroxylation is 3. The maximum atomic E-state index is 6.35. The van der Waals surface area contributed by atoms with E-state index < -0.39 is 0 Å². The highest BCUT2D eigenvalue weighted by atomic mass is 32.1. The Labute approximate surface area is 112 Å². The van der Waals surface area contributed by atoms with Gasteiger partial charge in [-0.05, 0) is 44.0 Å². The quantitative estimate of drug-likeness (QED) is 0.924. The maximum absolute atomic E-state index is 6.35. The second-order valence-electron chi connectivity index (χ2n) is 4.38. The normalized spacial score (nSPS) is 12.5. The zero-order valence-corrected chi connectivity index (χ0v) is 12.0. The topological polar surface area (TPSA) is 48.1 Å². The zero-order chi connectivity index (χ0) is 13.3. The summed E-state index contributed by atoms with van der Waals surface area (Å²) in [4.78, 5) is 5.57. The number of hydrogen-bond donors (Lipinski definition) is 1. The molecule has 0 aliphatic carbocycles. The van der Waals surface area contributed by atoms with Gasteiger partial charge in [0, 0.05) is 4.88 Å². The van der Waals surface area contributed by atoms with Crippen molar-refractivity contribution in [1.82, 2.24) is 4.98 Å². The molecule has 1 atom stereocenters. The Bertz CT molecular complexity index is 563. The molecule has 1 unspecified atom stereocenters. The summed E-state index contributed by atoms with van der Waals surface area (Å²) in [7, 11) is 1.67. The Morgan fingerprint density at radius 1 is 1.28 bits per heavy atom. The van der Waals surface area contributed by atoms with Crippen LogP contribution in [0, 0.1) is 20.8 Å². The molecule has 2 N–H and O–H groups in total. The van der Waals surface area contributed by atoms with Gasteiger partial charge in [-0.25, -0.2) is 4.98 Å². The smallest absolute Gasteiger partial charge is 0.119 e. The Morgan fingerprint density at radius 3 is 2.50 bits per heavy atom. The van der Waals surface area contributed by atoms with Crippen LogP contribution in [0.4, 0.5) is 0 Å². The van der Waals surface area contributed by atoms with Crippen molar-refractivity contribution in [2.24, 2.45) is 5.73 Å². The Balaban J connectivity index is 2.39. The maximum Gasteiger partial charge on any atom is 0.119 e. The van der Waals surface area contributed by atoms with E-state index in [0.717, 1.165) is 32.5 Å². The molecule has 0 bridgehead atoms. The number of rotatable bonds is 3. The third-order valence-corrected chi connectivity index (χ3v) is 4.19. The molecule has 2 rings (SSSR count). The molecular weight excluding hydrogens is 244 g/mol. The Hall–Kier alpha value is -1.39. The average Bonchev–Trinajstić information content (AvgIpc) is 2.67. The van der Waals surface area contributed by atoms with E-state index in [4.69, 9.17) is 10.5 Å². The van der Waals surface area contributed by atoms with Gasteiger partial charge < -0.3 is 10.5 Å². The fourth-order valence-corrected chi connectivity index (χ4v) is 3.05. The van der Waals surface area contributed by atoms with Gasteiger partial charge >= 0.3 is 0 Å². The van der Waals surface area contributed by atoms with E-state index in [1.165, 1.54) is 0 Å². The second kappa shape index (κ2) is 5.08. The Kier molecular flexibility index (Phi) is 3.68. The first-order chi connectivity index (χ1) is 8.52. The van der Waals surface area contributed by atoms with Gasteiger partial charge in [0.25, 0.3) is 0 Å². The van der Waals surface area contributed by atoms with Gasteiger partial charge in [0.1, 0.15) is 5.75 Å². The SMILES string of the molecule is COc1ccc(C(N)c2sc(C)nc2C)c(C)c1. The highest BCUT2D eigenvalue weighted by Crippen LogP contribution is 2.31. The van der Waals surface area contributed by atoms with Crippen molar-refractivity contribution in [3.05, 3.63) is 44.9 Å². The van der Waals surface area contributed by atoms with Crippen molar-refractivity contribution in [3.63, 3.8) is 0 Å². The van der Waals surface area contributed by atoms with Gasteiger partial charge in [0.05, 0.1) is 23.9 Å². The predicted octanol–water partition coefficient (Wildman–Crippen LogP) is 3.13. The third-order valence-electron chi connectivity index (χ3n) is 3.03. The van der Waals surface area contributed by atoms with Crippen molar-refractivity contribution in [1.29, 1.82) is 0 Å². The molecular formula is C14H18N2OS. The number of methoxy groups -OCH3 is 1. The fraction of sp³-hybridized carbons (Fsp3) is 0.357. The lowest BCUT2D eigenvalue weighted by molar-refractivity contribution is 0.414. The molecule has 96 valence electrons. The molecule has 0 saturated carbocycles. The first kappa shape index (κ1) is 13.1. The zero-order valence-electron chi connectivity index (χ0n) is 11.2. The molecule has 0 amide bonds. The molecule has 2 aromatic rings. The summed E-state index contributed by atoms with van der Waals surface area (Å²) in [5.41, 5.74) is 9.65. The van der Waals surface area contributed by atoms with Gasteiger partial charge in [-0.2, -0.15) is 0 Å². The van der Waals surface area contributed by atoms with Crippen molar-refractivity contribution in [3.8, 4) is 5.75 Å². The molecule has 1 aromatic carbocycles. The van der Waals surface area contributed by atoms with Gasteiger partial charge in [0.15, 0.2) is 0 Å². The number of aromatic nitrogens is 1. The number of benzene rings is 1. The summed E-state index contributed by atoms with van der Waals surface area (Å²) in [5, 5.41) is 1.06. The lowest BCUT2D eigenvalue weighted by atomic mass is 10.00. The van der Waals surface area contributed by atoms with Crippen LogP contribution in [0.25, 0.3) is 0 Å². The summed E-state index contributed by atoms with van der Waals surface area (Å²) >= 11 is 1.67. The number of nitrogens with two attached hydrogens (primary N) is 1. The molecule has 1 heterocycles. The molecule has 0 aliphatic heterocycles. The largest absolute Gasteiger partial charge is 0.497 e. The molecule has 0 saturated heterocycles. The number of thiazole rings is 1. The second-order valence-corrected chi connectivity index (χ2v) is 5.62. The predicted molar refractivity (Wildman–Crippen MR) is 75.3 cm³/mol. The highest BCUT2D eigenvalue weighted by Gasteiger charge is 2.17. The number of ether oxygens (including phenoxy) is 1. The Morgan fingerprint density at radius 2 is 2.00 bits per heavy atom. The van der Waals surface area contributed by atoms with E-state index in [1.54, 1.807) is 18.4 Å². The van der Waals surface area contributed by atoms with Crippen LogP contribution < -0.4 is 10.5 Å². The van der Waals surface area contributed by atoms with Gasteiger partial charge in [0.2, 0.25) is 0 Å². The van der Waals surface area contributed by atoms with E-state index in [9.17, 15) is 0 Å². The molecule has 18 heavy (non-hydrogen) atoms. The van der Waals surface area contributed by atoms with Crippen LogP contribution in [0.3, 0.4) is 0 Å². The van der Waals surface area contributed by atoms with Crippen LogP contribution in [-0.4, -0.2) is 12.1 Å². The lowest BCUT2D eigenvalue weighted by Gasteiger charge is -2.14. The molecule has 0 fully saturated rings. The highest BCUT2D eigenvalue weighted by molar-refractivity contribution is 7.11. The van der Waals surface area contributed by atoms with Crippen LogP contribution >= 0.6 is 11.3 Å². The van der Waals surface area contributed by atoms with Gasteiger partial charge in [-0.3, -0.25) is 0 Å². The van der Waals surface area contributed by atoms with E-state index in [2.05, 4.69) is 11.9 Å². The van der Waals surface area contributed by atoms with E-state index in [1.807, 2.05) is 32.0 Å². The van der Waals surface area contributed by atoms with E-state index >= 15 is 0 Å². The van der Waals surface area contributed by atoms with Crippen molar-refractivity contribution >= 4 is 11.3 Å². The van der Waals surface area contributed by atoms with Crippen molar-refractivity contribution < 1.29 is 4.74 Å².